The number of nitrogens with zero attached hydrogens (tertiary/aromatic N) is 1. The number of carbonyl (C=O) groups excluding carboxylic acids is 1. The minimum Gasteiger partial charge on any atom is -0.376 e. The van der Waals surface area contributed by atoms with E-state index in [4.69, 9.17) is 0 Å². The van der Waals surface area contributed by atoms with Crippen molar-refractivity contribution in [3.63, 3.8) is 0 Å². The van der Waals surface area contributed by atoms with Gasteiger partial charge in [0, 0.05) is 25.5 Å². The lowest BCUT2D eigenvalue weighted by Crippen LogP contribution is -2.36. The standard InChI is InChI=1S/C17H26N2O3S/c1-19(13-14-7-4-3-5-8-14)17(20)12-18-15-9-6-10-16(11-15)23(2,21)22/h6,9-11,14,18H,3-5,7-8,12-13H2,1-2H3. The number of hydrogen-bond donors (Lipinski definition) is 1. The normalized spacial score (nSPS) is 16.1. The van der Waals surface area contributed by atoms with Crippen molar-refractivity contribution in [1.29, 1.82) is 0 Å². The average molecular weight is 338 g/mol. The highest BCUT2D eigenvalue weighted by atomic mass is 32.2. The molecule has 0 spiro atoms. The second-order valence-corrected chi connectivity index (χ2v) is 8.45. The van der Waals surface area contributed by atoms with Crippen molar-refractivity contribution < 1.29 is 13.2 Å². The molecule has 0 saturated heterocycles. The molecule has 1 fully saturated rings. The van der Waals surface area contributed by atoms with Crippen LogP contribution in [0.4, 0.5) is 5.69 Å². The lowest BCUT2D eigenvalue weighted by Gasteiger charge is -2.27. The highest BCUT2D eigenvalue weighted by molar-refractivity contribution is 7.90. The maximum atomic E-state index is 12.2. The van der Waals surface area contributed by atoms with Crippen molar-refractivity contribution in [3.05, 3.63) is 24.3 Å². The molecule has 1 aromatic rings. The van der Waals surface area contributed by atoms with E-state index in [1.807, 2.05) is 7.05 Å². The summed E-state index contributed by atoms with van der Waals surface area (Å²) in [5.74, 6) is 0.645. The van der Waals surface area contributed by atoms with Gasteiger partial charge >= 0.3 is 0 Å². The fraction of sp³-hybridized carbons (Fsp3) is 0.588. The molecule has 0 atom stereocenters. The Labute approximate surface area is 139 Å². The Bertz CT molecular complexity index is 637. The molecular formula is C17H26N2O3S. The van der Waals surface area contributed by atoms with Gasteiger partial charge in [-0.25, -0.2) is 8.42 Å². The summed E-state index contributed by atoms with van der Waals surface area (Å²) in [6, 6.07) is 6.55. The zero-order valence-corrected chi connectivity index (χ0v) is 14.7. The molecule has 1 aromatic carbocycles. The quantitative estimate of drug-likeness (QED) is 0.865. The van der Waals surface area contributed by atoms with Crippen molar-refractivity contribution in [2.45, 2.75) is 37.0 Å². The number of sulfone groups is 1. The first-order valence-corrected chi connectivity index (χ1v) is 10.0. The molecule has 1 aliphatic rings. The monoisotopic (exact) mass is 338 g/mol. The number of amides is 1. The smallest absolute Gasteiger partial charge is 0.241 e. The molecule has 1 saturated carbocycles. The third-order valence-electron chi connectivity index (χ3n) is 4.39. The molecule has 0 bridgehead atoms. The van der Waals surface area contributed by atoms with Crippen LogP contribution in [0, 0.1) is 5.92 Å². The second kappa shape index (κ2) is 7.81. The van der Waals surface area contributed by atoms with E-state index in [9.17, 15) is 13.2 Å². The van der Waals surface area contributed by atoms with Gasteiger partial charge in [0.15, 0.2) is 9.84 Å². The van der Waals surface area contributed by atoms with Crippen LogP contribution in [0.25, 0.3) is 0 Å². The maximum Gasteiger partial charge on any atom is 0.241 e. The predicted molar refractivity (Wildman–Crippen MR) is 92.3 cm³/mol. The number of anilines is 1. The van der Waals surface area contributed by atoms with Crippen molar-refractivity contribution >= 4 is 21.4 Å². The summed E-state index contributed by atoms with van der Waals surface area (Å²) in [6.07, 6.45) is 7.44. The minimum absolute atomic E-state index is 0.0281. The van der Waals surface area contributed by atoms with Gasteiger partial charge in [0.2, 0.25) is 5.91 Å². The topological polar surface area (TPSA) is 66.5 Å². The predicted octanol–water partition coefficient (Wildman–Crippen LogP) is 2.54. The van der Waals surface area contributed by atoms with Crippen LogP contribution in [0.1, 0.15) is 32.1 Å². The van der Waals surface area contributed by atoms with Crippen LogP contribution in [0.3, 0.4) is 0 Å². The fourth-order valence-electron chi connectivity index (χ4n) is 3.01. The zero-order valence-electron chi connectivity index (χ0n) is 13.9. The average Bonchev–Trinajstić information content (AvgIpc) is 2.53. The molecule has 23 heavy (non-hydrogen) atoms. The number of nitrogens with one attached hydrogen (secondary N) is 1. The van der Waals surface area contributed by atoms with E-state index in [0.717, 1.165) is 6.54 Å². The van der Waals surface area contributed by atoms with Crippen molar-refractivity contribution in [2.24, 2.45) is 5.92 Å². The molecule has 1 N–H and O–H groups in total. The van der Waals surface area contributed by atoms with Gasteiger partial charge in [-0.2, -0.15) is 0 Å². The van der Waals surface area contributed by atoms with Crippen LogP contribution < -0.4 is 5.32 Å². The van der Waals surface area contributed by atoms with Crippen LogP contribution in [0.2, 0.25) is 0 Å². The molecule has 128 valence electrons. The molecule has 5 nitrogen and oxygen atoms in total. The first-order valence-electron chi connectivity index (χ1n) is 8.14. The molecule has 0 aromatic heterocycles. The van der Waals surface area contributed by atoms with Crippen LogP contribution in [-0.4, -0.2) is 45.6 Å². The third-order valence-corrected chi connectivity index (χ3v) is 5.50. The molecule has 1 amide bonds. The number of rotatable bonds is 6. The summed E-state index contributed by atoms with van der Waals surface area (Å²) >= 11 is 0. The van der Waals surface area contributed by atoms with Crippen LogP contribution in [0.5, 0.6) is 0 Å². The summed E-state index contributed by atoms with van der Waals surface area (Å²) in [5.41, 5.74) is 0.646. The van der Waals surface area contributed by atoms with E-state index in [0.29, 0.717) is 11.6 Å². The van der Waals surface area contributed by atoms with Gasteiger partial charge in [-0.05, 0) is 37.0 Å². The van der Waals surface area contributed by atoms with Gasteiger partial charge in [0.25, 0.3) is 0 Å². The van der Waals surface area contributed by atoms with Gasteiger partial charge in [-0.3, -0.25) is 4.79 Å². The van der Waals surface area contributed by atoms with Crippen molar-refractivity contribution in [1.82, 2.24) is 4.90 Å². The van der Waals surface area contributed by atoms with E-state index >= 15 is 0 Å². The largest absolute Gasteiger partial charge is 0.376 e. The maximum absolute atomic E-state index is 12.2. The molecule has 6 heteroatoms. The van der Waals surface area contributed by atoms with Crippen LogP contribution in [0.15, 0.2) is 29.2 Å². The fourth-order valence-corrected chi connectivity index (χ4v) is 3.67. The lowest BCUT2D eigenvalue weighted by atomic mass is 9.89. The zero-order chi connectivity index (χ0) is 16.9. The molecular weight excluding hydrogens is 312 g/mol. The number of hydrogen-bond acceptors (Lipinski definition) is 4. The Balaban J connectivity index is 1.86. The van der Waals surface area contributed by atoms with E-state index in [2.05, 4.69) is 5.32 Å². The van der Waals surface area contributed by atoms with Crippen LogP contribution in [-0.2, 0) is 14.6 Å². The van der Waals surface area contributed by atoms with E-state index < -0.39 is 9.84 Å². The molecule has 0 unspecified atom stereocenters. The van der Waals surface area contributed by atoms with Gasteiger partial charge in [0.1, 0.15) is 0 Å². The molecule has 0 radical (unpaired) electrons. The Hall–Kier alpha value is -1.56. The molecule has 2 rings (SSSR count). The highest BCUT2D eigenvalue weighted by Crippen LogP contribution is 2.24. The Kier molecular flexibility index (Phi) is 6.04. The summed E-state index contributed by atoms with van der Waals surface area (Å²) in [5, 5.41) is 3.02. The van der Waals surface area contributed by atoms with Crippen LogP contribution >= 0.6 is 0 Å². The van der Waals surface area contributed by atoms with Gasteiger partial charge in [0.05, 0.1) is 11.4 Å². The first-order chi connectivity index (χ1) is 10.9. The Morgan fingerprint density at radius 1 is 1.26 bits per heavy atom. The second-order valence-electron chi connectivity index (χ2n) is 6.43. The van der Waals surface area contributed by atoms with Gasteiger partial charge in [-0.15, -0.1) is 0 Å². The number of benzene rings is 1. The number of carbonyl (C=O) groups is 1. The van der Waals surface area contributed by atoms with Gasteiger partial charge in [-0.1, -0.05) is 25.3 Å². The van der Waals surface area contributed by atoms with Crippen molar-refractivity contribution in [2.75, 3.05) is 31.7 Å². The van der Waals surface area contributed by atoms with E-state index in [-0.39, 0.29) is 17.3 Å². The Morgan fingerprint density at radius 3 is 2.61 bits per heavy atom. The van der Waals surface area contributed by atoms with Gasteiger partial charge < -0.3 is 10.2 Å². The van der Waals surface area contributed by atoms with E-state index in [1.165, 1.54) is 38.4 Å². The molecule has 1 aliphatic carbocycles. The first kappa shape index (κ1) is 17.8. The lowest BCUT2D eigenvalue weighted by molar-refractivity contribution is -0.128. The minimum atomic E-state index is -3.23. The summed E-state index contributed by atoms with van der Waals surface area (Å²) < 4.78 is 23.1. The van der Waals surface area contributed by atoms with E-state index in [1.54, 1.807) is 29.2 Å². The van der Waals surface area contributed by atoms with Crippen molar-refractivity contribution in [3.8, 4) is 0 Å². The Morgan fingerprint density at radius 2 is 1.96 bits per heavy atom. The molecule has 0 aliphatic heterocycles. The summed E-state index contributed by atoms with van der Waals surface area (Å²) in [7, 11) is -1.40. The summed E-state index contributed by atoms with van der Waals surface area (Å²) in [4.78, 5) is 14.3. The third kappa shape index (κ3) is 5.53. The molecule has 0 heterocycles. The highest BCUT2D eigenvalue weighted by Gasteiger charge is 2.18. The SMILES string of the molecule is CN(CC1CCCCC1)C(=O)CNc1cccc(S(C)(=O)=O)c1. The summed E-state index contributed by atoms with van der Waals surface area (Å²) in [6.45, 7) is 0.986. The number of likely N-dealkylation sites (N-methyl/N-ethyl adjacent to an activating group) is 1.